The van der Waals surface area contributed by atoms with E-state index < -0.39 is 17.8 Å². The predicted octanol–water partition coefficient (Wildman–Crippen LogP) is 5.73. The lowest BCUT2D eigenvalue weighted by molar-refractivity contribution is 0.0436. The Hall–Kier alpha value is -1.16. The van der Waals surface area contributed by atoms with Crippen LogP contribution in [-0.2, 0) is 0 Å². The number of aliphatic hydroxyl groups excluding tert-OH is 2. The van der Waals surface area contributed by atoms with Crippen molar-refractivity contribution >= 4 is 0 Å². The zero-order chi connectivity index (χ0) is 23.0. The molecule has 0 aliphatic heterocycles. The number of fused-ring (bicyclic) bond motifs is 1. The van der Waals surface area contributed by atoms with Crippen molar-refractivity contribution in [3.63, 3.8) is 0 Å². The molecule has 31 heavy (non-hydrogen) atoms. The Kier molecular flexibility index (Phi) is 7.40. The fourth-order valence-corrected chi connectivity index (χ4v) is 6.32. The smallest absolute Gasteiger partial charge is 0.0811 e. The highest BCUT2D eigenvalue weighted by atomic mass is 16.3. The molecule has 3 saturated carbocycles. The Balaban J connectivity index is 1.76. The Morgan fingerprint density at radius 3 is 2.52 bits per heavy atom. The van der Waals surface area contributed by atoms with Crippen LogP contribution in [0.2, 0.25) is 0 Å². The third kappa shape index (κ3) is 5.26. The van der Waals surface area contributed by atoms with Gasteiger partial charge in [0.15, 0.2) is 0 Å². The third-order valence-corrected chi connectivity index (χ3v) is 8.75. The summed E-state index contributed by atoms with van der Waals surface area (Å²) < 4.78 is 0. The molecule has 0 bridgehead atoms. The van der Waals surface area contributed by atoms with E-state index in [9.17, 15) is 15.3 Å². The molecule has 3 heteroatoms. The first kappa shape index (κ1) is 24.5. The van der Waals surface area contributed by atoms with Crippen LogP contribution in [-0.4, -0.2) is 33.1 Å². The third-order valence-electron chi connectivity index (χ3n) is 8.75. The second-order valence-electron chi connectivity index (χ2n) is 11.4. The zero-order valence-electron chi connectivity index (χ0n) is 20.3. The van der Waals surface area contributed by atoms with Gasteiger partial charge in [-0.05, 0) is 86.7 Å². The lowest BCUT2D eigenvalue weighted by atomic mass is 9.61. The van der Waals surface area contributed by atoms with Crippen LogP contribution in [0.1, 0.15) is 79.6 Å². The van der Waals surface area contributed by atoms with Crippen molar-refractivity contribution in [1.29, 1.82) is 0 Å². The molecule has 0 spiro atoms. The van der Waals surface area contributed by atoms with E-state index in [-0.39, 0.29) is 5.92 Å². The predicted molar refractivity (Wildman–Crippen MR) is 128 cm³/mol. The number of allylic oxidation sites excluding steroid dienone is 4. The fraction of sp³-hybridized carbons (Fsp3) is 0.714. The Labute approximate surface area is 189 Å². The van der Waals surface area contributed by atoms with Gasteiger partial charge in [-0.25, -0.2) is 0 Å². The molecule has 0 saturated heterocycles. The molecule has 3 nitrogen and oxygen atoms in total. The van der Waals surface area contributed by atoms with E-state index in [0.29, 0.717) is 36.0 Å². The van der Waals surface area contributed by atoms with Crippen LogP contribution in [0.3, 0.4) is 0 Å². The maximum Gasteiger partial charge on any atom is 0.0811 e. The molecule has 7 atom stereocenters. The number of rotatable bonds is 5. The molecule has 3 aliphatic carbocycles. The van der Waals surface area contributed by atoms with E-state index in [1.54, 1.807) is 0 Å². The van der Waals surface area contributed by atoms with Crippen molar-refractivity contribution in [3.05, 3.63) is 47.6 Å². The van der Waals surface area contributed by atoms with Crippen LogP contribution in [0, 0.1) is 29.1 Å². The SMILES string of the molecule is C=C1/C(=C\C=C2/CCC[C@]3(C)[C@@H]([C@H](C)/C=C/C(C)C(C)(C)O)CC[C@@H]23)C[C@@H](O)C[C@@H]1O. The zero-order valence-corrected chi connectivity index (χ0v) is 20.3. The lowest BCUT2D eigenvalue weighted by Gasteiger charge is -2.44. The summed E-state index contributed by atoms with van der Waals surface area (Å²) >= 11 is 0. The van der Waals surface area contributed by atoms with E-state index in [1.165, 1.54) is 31.3 Å². The van der Waals surface area contributed by atoms with Crippen LogP contribution in [0.15, 0.2) is 47.6 Å². The van der Waals surface area contributed by atoms with Gasteiger partial charge in [-0.1, -0.05) is 57.2 Å². The molecule has 3 N–H and O–H groups in total. The molecule has 1 unspecified atom stereocenters. The summed E-state index contributed by atoms with van der Waals surface area (Å²) in [6.07, 6.45) is 15.0. The maximum absolute atomic E-state index is 10.3. The van der Waals surface area contributed by atoms with Gasteiger partial charge in [-0.15, -0.1) is 0 Å². The van der Waals surface area contributed by atoms with Crippen molar-refractivity contribution < 1.29 is 15.3 Å². The van der Waals surface area contributed by atoms with Crippen LogP contribution >= 0.6 is 0 Å². The summed E-state index contributed by atoms with van der Waals surface area (Å²) in [5.74, 6) is 1.91. The van der Waals surface area contributed by atoms with E-state index in [0.717, 1.165) is 17.6 Å². The van der Waals surface area contributed by atoms with Crippen molar-refractivity contribution in [2.24, 2.45) is 29.1 Å². The molecule has 3 aliphatic rings. The van der Waals surface area contributed by atoms with E-state index in [1.807, 2.05) is 13.8 Å². The lowest BCUT2D eigenvalue weighted by Crippen LogP contribution is -2.35. The molecule has 0 radical (unpaired) electrons. The number of hydrogen-bond acceptors (Lipinski definition) is 3. The first-order valence-corrected chi connectivity index (χ1v) is 12.3. The Morgan fingerprint density at radius 1 is 1.13 bits per heavy atom. The molecule has 0 amide bonds. The quantitative estimate of drug-likeness (QED) is 0.490. The second kappa shape index (κ2) is 9.37. The normalized spacial score (nSPS) is 39.3. The molecular weight excluding hydrogens is 384 g/mol. The number of hydrogen-bond donors (Lipinski definition) is 3. The first-order chi connectivity index (χ1) is 14.4. The Bertz CT molecular complexity index is 753. The van der Waals surface area contributed by atoms with Crippen molar-refractivity contribution in [2.75, 3.05) is 0 Å². The van der Waals surface area contributed by atoms with Crippen LogP contribution < -0.4 is 0 Å². The minimum Gasteiger partial charge on any atom is -0.393 e. The van der Waals surface area contributed by atoms with Crippen molar-refractivity contribution in [3.8, 4) is 0 Å². The topological polar surface area (TPSA) is 60.7 Å². The van der Waals surface area contributed by atoms with Crippen LogP contribution in [0.5, 0.6) is 0 Å². The summed E-state index contributed by atoms with van der Waals surface area (Å²) in [6.45, 7) is 14.7. The molecule has 174 valence electrons. The highest BCUT2D eigenvalue weighted by molar-refractivity contribution is 5.38. The van der Waals surface area contributed by atoms with Gasteiger partial charge in [-0.3, -0.25) is 0 Å². The maximum atomic E-state index is 10.3. The standard InChI is InChI=1S/C28H44O3/c1-18(9-10-19(2)27(4,5)31)24-13-14-25-21(8-7-15-28(24,25)6)11-12-22-16-23(29)17-26(30)20(22)3/h9-12,18-19,23-26,29-31H,3,7-8,13-17H2,1-2,4-6H3/b10-9+,21-11+,22-12-/t18-,19?,23-,24-,25+,26+,28-/m1/s1. The van der Waals surface area contributed by atoms with Gasteiger partial charge < -0.3 is 15.3 Å². The monoisotopic (exact) mass is 428 g/mol. The van der Waals surface area contributed by atoms with Gasteiger partial charge in [0.05, 0.1) is 17.8 Å². The van der Waals surface area contributed by atoms with Crippen molar-refractivity contribution in [1.82, 2.24) is 0 Å². The highest BCUT2D eigenvalue weighted by Gasteiger charge is 2.50. The summed E-state index contributed by atoms with van der Waals surface area (Å²) in [6, 6.07) is 0. The molecule has 0 aromatic heterocycles. The van der Waals surface area contributed by atoms with Gasteiger partial charge in [0.25, 0.3) is 0 Å². The summed E-state index contributed by atoms with van der Waals surface area (Å²) in [5, 5.41) is 30.4. The largest absolute Gasteiger partial charge is 0.393 e. The molecule has 0 heterocycles. The molecule has 0 aromatic carbocycles. The van der Waals surface area contributed by atoms with E-state index in [4.69, 9.17) is 0 Å². The summed E-state index contributed by atoms with van der Waals surface area (Å²) in [5.41, 5.74) is 2.93. The minimum atomic E-state index is -0.684. The number of aliphatic hydroxyl groups is 3. The van der Waals surface area contributed by atoms with Gasteiger partial charge in [0.2, 0.25) is 0 Å². The fourth-order valence-electron chi connectivity index (χ4n) is 6.32. The molecule has 3 rings (SSSR count). The van der Waals surface area contributed by atoms with Gasteiger partial charge in [0, 0.05) is 12.3 Å². The molecule has 3 fully saturated rings. The van der Waals surface area contributed by atoms with Gasteiger partial charge in [0.1, 0.15) is 0 Å². The van der Waals surface area contributed by atoms with Crippen LogP contribution in [0.25, 0.3) is 0 Å². The highest BCUT2D eigenvalue weighted by Crippen LogP contribution is 2.59. The first-order valence-electron chi connectivity index (χ1n) is 12.3. The van der Waals surface area contributed by atoms with Crippen molar-refractivity contribution in [2.45, 2.75) is 97.4 Å². The summed E-state index contributed by atoms with van der Waals surface area (Å²) in [4.78, 5) is 0. The van der Waals surface area contributed by atoms with E-state index in [2.05, 4.69) is 51.7 Å². The Morgan fingerprint density at radius 2 is 1.84 bits per heavy atom. The molecular formula is C28H44O3. The van der Waals surface area contributed by atoms with Crippen LogP contribution in [0.4, 0.5) is 0 Å². The van der Waals surface area contributed by atoms with Gasteiger partial charge in [-0.2, -0.15) is 0 Å². The van der Waals surface area contributed by atoms with E-state index >= 15 is 0 Å². The average molecular weight is 429 g/mol. The average Bonchev–Trinajstić information content (AvgIpc) is 3.04. The molecule has 0 aromatic rings. The second-order valence-corrected chi connectivity index (χ2v) is 11.4. The van der Waals surface area contributed by atoms with Gasteiger partial charge >= 0.3 is 0 Å². The minimum absolute atomic E-state index is 0.141. The summed E-state index contributed by atoms with van der Waals surface area (Å²) in [7, 11) is 0.